The molecule has 29 heavy (non-hydrogen) atoms. The standard InChI is InChI=1S/C24H26FNO3/c1-3-4-5-6-14-26-21(18-8-7-9-19(25)15-18)20(23(28)24(26)29)22(27)17-12-10-16(2)11-13-17/h7-13,15,21,27H,3-6,14H2,1-2H3. The third-order valence-corrected chi connectivity index (χ3v) is 5.28. The van der Waals surface area contributed by atoms with Crippen molar-refractivity contribution in [2.24, 2.45) is 0 Å². The monoisotopic (exact) mass is 395 g/mol. The molecule has 1 saturated heterocycles. The van der Waals surface area contributed by atoms with Crippen molar-refractivity contribution in [3.63, 3.8) is 0 Å². The van der Waals surface area contributed by atoms with Crippen LogP contribution in [0.25, 0.3) is 5.76 Å². The summed E-state index contributed by atoms with van der Waals surface area (Å²) < 4.78 is 13.9. The zero-order chi connectivity index (χ0) is 21.0. The number of hydrogen-bond acceptors (Lipinski definition) is 3. The molecule has 1 aliphatic rings. The Bertz CT molecular complexity index is 933. The molecule has 0 aromatic heterocycles. The fourth-order valence-corrected chi connectivity index (χ4v) is 3.71. The normalized spacial score (nSPS) is 18.4. The minimum Gasteiger partial charge on any atom is -0.507 e. The van der Waals surface area contributed by atoms with Crippen LogP contribution in [0.2, 0.25) is 0 Å². The van der Waals surface area contributed by atoms with Gasteiger partial charge in [-0.2, -0.15) is 0 Å². The molecular formula is C24H26FNO3. The highest BCUT2D eigenvalue weighted by Gasteiger charge is 2.45. The first kappa shape index (κ1) is 20.8. The third-order valence-electron chi connectivity index (χ3n) is 5.28. The highest BCUT2D eigenvalue weighted by molar-refractivity contribution is 6.46. The Balaban J connectivity index is 2.07. The molecule has 2 aromatic carbocycles. The van der Waals surface area contributed by atoms with Gasteiger partial charge in [0.15, 0.2) is 0 Å². The molecule has 152 valence electrons. The molecule has 4 nitrogen and oxygen atoms in total. The van der Waals surface area contributed by atoms with Crippen molar-refractivity contribution in [2.75, 3.05) is 6.54 Å². The van der Waals surface area contributed by atoms with Gasteiger partial charge in [-0.25, -0.2) is 4.39 Å². The average Bonchev–Trinajstić information content (AvgIpc) is 2.96. The summed E-state index contributed by atoms with van der Waals surface area (Å²) in [7, 11) is 0. The molecular weight excluding hydrogens is 369 g/mol. The van der Waals surface area contributed by atoms with Gasteiger partial charge in [0.25, 0.3) is 11.7 Å². The van der Waals surface area contributed by atoms with Gasteiger partial charge in [-0.3, -0.25) is 9.59 Å². The summed E-state index contributed by atoms with van der Waals surface area (Å²) in [6.07, 6.45) is 3.78. The molecule has 1 heterocycles. The Hall–Kier alpha value is -2.95. The van der Waals surface area contributed by atoms with E-state index in [-0.39, 0.29) is 11.3 Å². The van der Waals surface area contributed by atoms with Gasteiger partial charge in [0.05, 0.1) is 11.6 Å². The number of unbranched alkanes of at least 4 members (excludes halogenated alkanes) is 3. The fraction of sp³-hybridized carbons (Fsp3) is 0.333. The highest BCUT2D eigenvalue weighted by Crippen LogP contribution is 2.39. The Labute approximate surface area is 170 Å². The van der Waals surface area contributed by atoms with Crippen LogP contribution in [-0.4, -0.2) is 28.2 Å². The Morgan fingerprint density at radius 2 is 1.79 bits per heavy atom. The molecule has 0 aliphatic carbocycles. The van der Waals surface area contributed by atoms with E-state index >= 15 is 0 Å². The molecule has 3 rings (SSSR count). The van der Waals surface area contributed by atoms with Crippen LogP contribution in [0.1, 0.15) is 55.3 Å². The lowest BCUT2D eigenvalue weighted by Gasteiger charge is -2.25. The number of carbonyl (C=O) groups is 2. The zero-order valence-electron chi connectivity index (χ0n) is 16.8. The number of ketones is 1. The largest absolute Gasteiger partial charge is 0.507 e. The number of amides is 1. The molecule has 0 radical (unpaired) electrons. The molecule has 2 aromatic rings. The summed E-state index contributed by atoms with van der Waals surface area (Å²) in [5.74, 6) is -2.06. The first-order valence-corrected chi connectivity index (χ1v) is 10.0. The van der Waals surface area contributed by atoms with E-state index < -0.39 is 23.5 Å². The van der Waals surface area contributed by atoms with E-state index in [1.54, 1.807) is 24.3 Å². The number of halogens is 1. The maximum atomic E-state index is 13.9. The van der Waals surface area contributed by atoms with E-state index in [9.17, 15) is 19.1 Å². The molecule has 0 bridgehead atoms. The van der Waals surface area contributed by atoms with Gasteiger partial charge < -0.3 is 10.0 Å². The van der Waals surface area contributed by atoms with Gasteiger partial charge in [0.1, 0.15) is 11.6 Å². The minimum atomic E-state index is -0.798. The fourth-order valence-electron chi connectivity index (χ4n) is 3.71. The molecule has 0 saturated carbocycles. The number of aliphatic hydroxyl groups excluding tert-OH is 1. The third kappa shape index (κ3) is 4.39. The number of hydrogen-bond donors (Lipinski definition) is 1. The van der Waals surface area contributed by atoms with Crippen LogP contribution in [0.5, 0.6) is 0 Å². The predicted octanol–water partition coefficient (Wildman–Crippen LogP) is 5.14. The van der Waals surface area contributed by atoms with Gasteiger partial charge in [0.2, 0.25) is 0 Å². The van der Waals surface area contributed by atoms with Crippen molar-refractivity contribution < 1.29 is 19.1 Å². The average molecular weight is 395 g/mol. The lowest BCUT2D eigenvalue weighted by Crippen LogP contribution is -2.30. The van der Waals surface area contributed by atoms with Crippen molar-refractivity contribution >= 4 is 17.4 Å². The van der Waals surface area contributed by atoms with Gasteiger partial charge in [-0.1, -0.05) is 68.1 Å². The van der Waals surface area contributed by atoms with Crippen molar-refractivity contribution in [1.82, 2.24) is 4.90 Å². The van der Waals surface area contributed by atoms with E-state index in [0.717, 1.165) is 31.2 Å². The first-order valence-electron chi connectivity index (χ1n) is 10.0. The number of carbonyl (C=O) groups excluding carboxylic acids is 2. The van der Waals surface area contributed by atoms with Crippen LogP contribution < -0.4 is 0 Å². The lowest BCUT2D eigenvalue weighted by molar-refractivity contribution is -0.139. The predicted molar refractivity (Wildman–Crippen MR) is 111 cm³/mol. The number of rotatable bonds is 7. The second kappa shape index (κ2) is 9.03. The summed E-state index contributed by atoms with van der Waals surface area (Å²) in [5.41, 5.74) is 1.97. The van der Waals surface area contributed by atoms with Crippen LogP contribution >= 0.6 is 0 Å². The van der Waals surface area contributed by atoms with Crippen LogP contribution in [0.15, 0.2) is 54.1 Å². The molecule has 1 aliphatic heterocycles. The number of Topliss-reactive ketones (excluding diaryl/α,β-unsaturated/α-hetero) is 1. The summed E-state index contributed by atoms with van der Waals surface area (Å²) in [5, 5.41) is 10.9. The zero-order valence-corrected chi connectivity index (χ0v) is 16.8. The summed E-state index contributed by atoms with van der Waals surface area (Å²) in [6, 6.07) is 12.1. The number of nitrogens with zero attached hydrogens (tertiary/aromatic N) is 1. The van der Waals surface area contributed by atoms with Gasteiger partial charge >= 0.3 is 0 Å². The molecule has 1 N–H and O–H groups in total. The Morgan fingerprint density at radius 1 is 1.07 bits per heavy atom. The lowest BCUT2D eigenvalue weighted by atomic mass is 9.95. The topological polar surface area (TPSA) is 57.6 Å². The summed E-state index contributed by atoms with van der Waals surface area (Å²) in [4.78, 5) is 27.1. The van der Waals surface area contributed by atoms with E-state index in [0.29, 0.717) is 17.7 Å². The maximum Gasteiger partial charge on any atom is 0.295 e. The minimum absolute atomic E-state index is 0.0138. The van der Waals surface area contributed by atoms with Crippen molar-refractivity contribution in [3.8, 4) is 0 Å². The second-order valence-electron chi connectivity index (χ2n) is 7.47. The van der Waals surface area contributed by atoms with Crippen molar-refractivity contribution in [3.05, 3.63) is 76.6 Å². The second-order valence-corrected chi connectivity index (χ2v) is 7.47. The van der Waals surface area contributed by atoms with Crippen molar-refractivity contribution in [1.29, 1.82) is 0 Å². The van der Waals surface area contributed by atoms with Gasteiger partial charge in [0, 0.05) is 12.1 Å². The summed E-state index contributed by atoms with van der Waals surface area (Å²) in [6.45, 7) is 4.41. The highest BCUT2D eigenvalue weighted by atomic mass is 19.1. The van der Waals surface area contributed by atoms with Crippen LogP contribution in [0.4, 0.5) is 4.39 Å². The molecule has 1 fully saturated rings. The van der Waals surface area contributed by atoms with E-state index in [1.807, 2.05) is 19.1 Å². The van der Waals surface area contributed by atoms with E-state index in [1.165, 1.54) is 17.0 Å². The Morgan fingerprint density at radius 3 is 2.45 bits per heavy atom. The molecule has 5 heteroatoms. The SMILES string of the molecule is CCCCCCN1C(=O)C(=O)C(=C(O)c2ccc(C)cc2)C1c1cccc(F)c1. The van der Waals surface area contributed by atoms with Crippen LogP contribution in [0, 0.1) is 12.7 Å². The van der Waals surface area contributed by atoms with Crippen LogP contribution in [0.3, 0.4) is 0 Å². The number of aryl methyl sites for hydroxylation is 1. The Kier molecular flexibility index (Phi) is 6.47. The number of benzene rings is 2. The molecule has 1 unspecified atom stereocenters. The van der Waals surface area contributed by atoms with E-state index in [2.05, 4.69) is 6.92 Å². The summed E-state index contributed by atoms with van der Waals surface area (Å²) >= 11 is 0. The van der Waals surface area contributed by atoms with Gasteiger partial charge in [-0.05, 0) is 31.0 Å². The first-order chi connectivity index (χ1) is 13.9. The van der Waals surface area contributed by atoms with E-state index in [4.69, 9.17) is 0 Å². The molecule has 0 spiro atoms. The maximum absolute atomic E-state index is 13.9. The molecule has 1 atom stereocenters. The van der Waals surface area contributed by atoms with Crippen LogP contribution in [-0.2, 0) is 9.59 Å². The quantitative estimate of drug-likeness (QED) is 0.306. The van der Waals surface area contributed by atoms with Gasteiger partial charge in [-0.15, -0.1) is 0 Å². The smallest absolute Gasteiger partial charge is 0.295 e. The number of aliphatic hydroxyl groups is 1. The molecule has 1 amide bonds. The van der Waals surface area contributed by atoms with Crippen molar-refractivity contribution in [2.45, 2.75) is 45.6 Å². The number of likely N-dealkylation sites (tertiary alicyclic amines) is 1.